The van der Waals surface area contributed by atoms with Gasteiger partial charge in [-0.25, -0.2) is 8.42 Å². The number of halogens is 3. The van der Waals surface area contributed by atoms with E-state index in [1.807, 2.05) is 25.1 Å². The number of piperazine rings is 1. The van der Waals surface area contributed by atoms with Gasteiger partial charge in [-0.15, -0.1) is 0 Å². The third-order valence-corrected chi connectivity index (χ3v) is 6.99. The number of amides is 1. The van der Waals surface area contributed by atoms with Crippen molar-refractivity contribution in [2.45, 2.75) is 24.4 Å². The van der Waals surface area contributed by atoms with Crippen LogP contribution < -0.4 is 4.74 Å². The summed E-state index contributed by atoms with van der Waals surface area (Å²) >= 11 is 0. The van der Waals surface area contributed by atoms with Crippen molar-refractivity contribution in [3.05, 3.63) is 59.7 Å². The van der Waals surface area contributed by atoms with E-state index in [2.05, 4.69) is 0 Å². The normalized spacial score (nSPS) is 15.7. The first-order chi connectivity index (χ1) is 14.6. The van der Waals surface area contributed by atoms with Crippen LogP contribution in [0.5, 0.6) is 5.75 Å². The molecule has 0 aliphatic carbocycles. The number of carbonyl (C=O) groups excluding carboxylic acids is 1. The van der Waals surface area contributed by atoms with Gasteiger partial charge in [0.2, 0.25) is 10.0 Å². The molecule has 0 N–H and O–H groups in total. The lowest BCUT2D eigenvalue weighted by atomic mass is 10.1. The number of ether oxygens (including phenoxy) is 1. The molecule has 0 saturated carbocycles. The summed E-state index contributed by atoms with van der Waals surface area (Å²) in [5, 5.41) is 0. The number of nitrogens with zero attached hydrogens (tertiary/aromatic N) is 2. The number of benzene rings is 2. The van der Waals surface area contributed by atoms with Crippen LogP contribution in [-0.4, -0.2) is 56.3 Å². The van der Waals surface area contributed by atoms with Gasteiger partial charge in [-0.1, -0.05) is 31.2 Å². The van der Waals surface area contributed by atoms with Crippen LogP contribution in [0, 0.1) is 0 Å². The Balaban J connectivity index is 1.60. The van der Waals surface area contributed by atoms with E-state index in [-0.39, 0.29) is 38.7 Å². The Bertz CT molecular complexity index is 1030. The van der Waals surface area contributed by atoms with Crippen LogP contribution in [0.2, 0.25) is 0 Å². The molecule has 1 heterocycles. The number of carbonyl (C=O) groups is 1. The number of aryl methyl sites for hydroxylation is 1. The number of sulfonamides is 1. The predicted octanol–water partition coefficient (Wildman–Crippen LogP) is 3.18. The van der Waals surface area contributed by atoms with Crippen LogP contribution in [0.4, 0.5) is 13.2 Å². The van der Waals surface area contributed by atoms with Gasteiger partial charge in [0.05, 0.1) is 10.5 Å². The highest BCUT2D eigenvalue weighted by Crippen LogP contribution is 2.31. The lowest BCUT2D eigenvalue weighted by Crippen LogP contribution is -2.51. The third-order valence-electron chi connectivity index (χ3n) is 5.10. The predicted molar refractivity (Wildman–Crippen MR) is 108 cm³/mol. The lowest BCUT2D eigenvalue weighted by Gasteiger charge is -2.34. The molecule has 1 fully saturated rings. The highest BCUT2D eigenvalue weighted by Gasteiger charge is 2.34. The van der Waals surface area contributed by atoms with Crippen molar-refractivity contribution in [1.29, 1.82) is 0 Å². The second-order valence-corrected chi connectivity index (χ2v) is 9.00. The van der Waals surface area contributed by atoms with Crippen molar-refractivity contribution in [3.63, 3.8) is 0 Å². The molecule has 0 unspecified atom stereocenters. The maximum absolute atomic E-state index is 12.9. The van der Waals surface area contributed by atoms with Crippen molar-refractivity contribution in [2.24, 2.45) is 0 Å². The van der Waals surface area contributed by atoms with Crippen LogP contribution in [0.25, 0.3) is 0 Å². The van der Waals surface area contributed by atoms with E-state index >= 15 is 0 Å². The Labute approximate surface area is 179 Å². The first kappa shape index (κ1) is 23.1. The van der Waals surface area contributed by atoms with Gasteiger partial charge in [0.25, 0.3) is 5.91 Å². The van der Waals surface area contributed by atoms with Gasteiger partial charge in [-0.3, -0.25) is 4.79 Å². The summed E-state index contributed by atoms with van der Waals surface area (Å²) in [5.74, 6) is 0.353. The molecule has 0 spiro atoms. The molecule has 31 heavy (non-hydrogen) atoms. The fourth-order valence-electron chi connectivity index (χ4n) is 3.33. The molecule has 1 aliphatic rings. The van der Waals surface area contributed by atoms with E-state index in [4.69, 9.17) is 4.74 Å². The highest BCUT2D eigenvalue weighted by atomic mass is 32.2. The molecule has 0 aromatic heterocycles. The molecule has 0 atom stereocenters. The standard InChI is InChI=1S/C21H23F3N2O4S/c1-2-16-6-3-4-9-19(16)30-15-20(27)25-10-12-26(13-11-25)31(28,29)18-8-5-7-17(14-18)21(22,23)24/h3-9,14H,2,10-13,15H2,1H3. The van der Waals surface area contributed by atoms with E-state index in [1.165, 1.54) is 4.90 Å². The second kappa shape index (κ2) is 9.27. The molecular weight excluding hydrogens is 433 g/mol. The quantitative estimate of drug-likeness (QED) is 0.670. The van der Waals surface area contributed by atoms with Gasteiger partial charge >= 0.3 is 6.18 Å². The van der Waals surface area contributed by atoms with Crippen LogP contribution in [0.1, 0.15) is 18.1 Å². The fraction of sp³-hybridized carbons (Fsp3) is 0.381. The Morgan fingerprint density at radius 1 is 1.03 bits per heavy atom. The summed E-state index contributed by atoms with van der Waals surface area (Å²) in [7, 11) is -4.09. The minimum Gasteiger partial charge on any atom is -0.483 e. The molecule has 1 amide bonds. The second-order valence-electron chi connectivity index (χ2n) is 7.06. The van der Waals surface area contributed by atoms with E-state index in [1.54, 1.807) is 6.07 Å². The molecule has 0 bridgehead atoms. The maximum atomic E-state index is 12.9. The SMILES string of the molecule is CCc1ccccc1OCC(=O)N1CCN(S(=O)(=O)c2cccc(C(F)(F)F)c2)CC1. The van der Waals surface area contributed by atoms with Crippen LogP contribution >= 0.6 is 0 Å². The van der Waals surface area contributed by atoms with Crippen molar-refractivity contribution >= 4 is 15.9 Å². The molecular formula is C21H23F3N2O4S. The first-order valence-electron chi connectivity index (χ1n) is 9.79. The third kappa shape index (κ3) is 5.37. The largest absolute Gasteiger partial charge is 0.483 e. The highest BCUT2D eigenvalue weighted by molar-refractivity contribution is 7.89. The Kier molecular flexibility index (Phi) is 6.90. The van der Waals surface area contributed by atoms with E-state index in [9.17, 15) is 26.4 Å². The fourth-order valence-corrected chi connectivity index (χ4v) is 4.80. The Morgan fingerprint density at radius 2 is 1.71 bits per heavy atom. The summed E-state index contributed by atoms with van der Waals surface area (Å²) in [4.78, 5) is 13.5. The summed E-state index contributed by atoms with van der Waals surface area (Å²) in [6, 6.07) is 11.1. The summed E-state index contributed by atoms with van der Waals surface area (Å²) in [5.41, 5.74) is -0.0424. The summed E-state index contributed by atoms with van der Waals surface area (Å²) in [6.07, 6.45) is -3.87. The number of rotatable bonds is 6. The topological polar surface area (TPSA) is 66.9 Å². The van der Waals surface area contributed by atoms with Gasteiger partial charge in [0, 0.05) is 26.2 Å². The van der Waals surface area contributed by atoms with Crippen LogP contribution in [0.15, 0.2) is 53.4 Å². The van der Waals surface area contributed by atoms with E-state index in [0.29, 0.717) is 11.8 Å². The molecule has 10 heteroatoms. The summed E-state index contributed by atoms with van der Waals surface area (Å²) in [6.45, 7) is 2.07. The molecule has 6 nitrogen and oxygen atoms in total. The molecule has 168 valence electrons. The number of alkyl halides is 3. The minimum absolute atomic E-state index is 0.00410. The first-order valence-corrected chi connectivity index (χ1v) is 11.2. The Hall–Kier alpha value is -2.59. The van der Waals surface area contributed by atoms with Crippen molar-refractivity contribution < 1.29 is 31.1 Å². The smallest absolute Gasteiger partial charge is 0.416 e. The van der Waals surface area contributed by atoms with Gasteiger partial charge < -0.3 is 9.64 Å². The van der Waals surface area contributed by atoms with Crippen molar-refractivity contribution in [1.82, 2.24) is 9.21 Å². The number of hydrogen-bond donors (Lipinski definition) is 0. The number of hydrogen-bond acceptors (Lipinski definition) is 4. The van der Waals surface area contributed by atoms with Crippen molar-refractivity contribution in [2.75, 3.05) is 32.8 Å². The zero-order valence-corrected chi connectivity index (χ0v) is 17.7. The molecule has 3 rings (SSSR count). The monoisotopic (exact) mass is 456 g/mol. The zero-order chi connectivity index (χ0) is 22.6. The molecule has 1 saturated heterocycles. The molecule has 2 aromatic carbocycles. The Morgan fingerprint density at radius 3 is 2.35 bits per heavy atom. The maximum Gasteiger partial charge on any atom is 0.416 e. The molecule has 0 radical (unpaired) electrons. The van der Waals surface area contributed by atoms with Gasteiger partial charge in [0.15, 0.2) is 6.61 Å². The summed E-state index contributed by atoms with van der Waals surface area (Å²) < 4.78 is 71.0. The van der Waals surface area contributed by atoms with Crippen LogP contribution in [0.3, 0.4) is 0 Å². The average molecular weight is 456 g/mol. The average Bonchev–Trinajstić information content (AvgIpc) is 2.77. The van der Waals surface area contributed by atoms with Gasteiger partial charge in [-0.2, -0.15) is 17.5 Å². The van der Waals surface area contributed by atoms with Crippen LogP contribution in [-0.2, 0) is 27.4 Å². The van der Waals surface area contributed by atoms with Gasteiger partial charge in [-0.05, 0) is 36.2 Å². The lowest BCUT2D eigenvalue weighted by molar-refractivity contribution is -0.138. The number of para-hydroxylation sites is 1. The van der Waals surface area contributed by atoms with E-state index in [0.717, 1.165) is 34.5 Å². The van der Waals surface area contributed by atoms with Crippen molar-refractivity contribution in [3.8, 4) is 5.75 Å². The minimum atomic E-state index is -4.63. The molecule has 1 aliphatic heterocycles. The zero-order valence-electron chi connectivity index (χ0n) is 16.9. The van der Waals surface area contributed by atoms with Gasteiger partial charge in [0.1, 0.15) is 5.75 Å². The molecule has 2 aromatic rings. The van der Waals surface area contributed by atoms with E-state index < -0.39 is 26.7 Å².